The van der Waals surface area contributed by atoms with Crippen molar-refractivity contribution in [1.29, 1.82) is 0 Å². The van der Waals surface area contributed by atoms with E-state index in [-0.39, 0.29) is 24.5 Å². The van der Waals surface area contributed by atoms with Crippen LogP contribution in [0.5, 0.6) is 0 Å². The molecule has 0 amide bonds. The molecule has 1 fully saturated rings. The van der Waals surface area contributed by atoms with Crippen LogP contribution in [-0.4, -0.2) is 42.5 Å². The standard InChI is InChI=1S/C17H24O6/c1-17(2)9-12(19)13(15(20)14(17)16(21)22-3)11(18)7-6-10-5-4-8-23-10/h10,14,20H,4-9H2,1-3H3/t10-,14-/m0/s1. The number of methoxy groups -OCH3 is 1. The predicted octanol–water partition coefficient (Wildman–Crippen LogP) is 2.11. The van der Waals surface area contributed by atoms with E-state index in [1.807, 2.05) is 0 Å². The van der Waals surface area contributed by atoms with Crippen LogP contribution < -0.4 is 0 Å². The largest absolute Gasteiger partial charge is 0.510 e. The normalized spacial score (nSPS) is 27.2. The van der Waals surface area contributed by atoms with Crippen LogP contribution in [-0.2, 0) is 23.9 Å². The molecule has 0 saturated carbocycles. The molecule has 2 aliphatic rings. The lowest BCUT2D eigenvalue weighted by Gasteiger charge is -2.35. The molecule has 0 aromatic carbocycles. The lowest BCUT2D eigenvalue weighted by Crippen LogP contribution is -2.41. The first kappa shape index (κ1) is 17.7. The van der Waals surface area contributed by atoms with Crippen molar-refractivity contribution in [2.24, 2.45) is 11.3 Å². The number of hydrogen-bond acceptors (Lipinski definition) is 6. The highest BCUT2D eigenvalue weighted by atomic mass is 16.5. The summed E-state index contributed by atoms with van der Waals surface area (Å²) >= 11 is 0. The summed E-state index contributed by atoms with van der Waals surface area (Å²) in [5.74, 6) is -2.91. The Bertz CT molecular complexity index is 539. The van der Waals surface area contributed by atoms with Gasteiger partial charge in [0.15, 0.2) is 11.6 Å². The number of ketones is 2. The van der Waals surface area contributed by atoms with Crippen molar-refractivity contribution in [3.05, 3.63) is 11.3 Å². The van der Waals surface area contributed by atoms with Crippen molar-refractivity contribution < 1.29 is 29.0 Å². The van der Waals surface area contributed by atoms with Crippen molar-refractivity contribution in [3.8, 4) is 0 Å². The van der Waals surface area contributed by atoms with E-state index in [9.17, 15) is 19.5 Å². The molecule has 1 aliphatic carbocycles. The number of Topliss-reactive ketones (excluding diaryl/α,β-unsaturated/α-hetero) is 2. The van der Waals surface area contributed by atoms with E-state index < -0.39 is 34.6 Å². The first-order valence-corrected chi connectivity index (χ1v) is 7.97. The minimum absolute atomic E-state index is 0.0256. The van der Waals surface area contributed by atoms with E-state index in [0.717, 1.165) is 12.8 Å². The minimum Gasteiger partial charge on any atom is -0.510 e. The molecule has 0 unspecified atom stereocenters. The Hall–Kier alpha value is -1.69. The Balaban J connectivity index is 2.21. The second-order valence-corrected chi connectivity index (χ2v) is 6.90. The van der Waals surface area contributed by atoms with E-state index in [1.54, 1.807) is 13.8 Å². The van der Waals surface area contributed by atoms with Gasteiger partial charge in [0.05, 0.1) is 18.8 Å². The van der Waals surface area contributed by atoms with Crippen LogP contribution in [0.1, 0.15) is 46.0 Å². The molecule has 1 saturated heterocycles. The highest BCUT2D eigenvalue weighted by molar-refractivity contribution is 6.21. The molecular formula is C17H24O6. The molecule has 1 heterocycles. The molecule has 1 N–H and O–H groups in total. The minimum atomic E-state index is -0.994. The first-order chi connectivity index (χ1) is 10.8. The lowest BCUT2D eigenvalue weighted by atomic mass is 9.67. The number of carbonyl (C=O) groups excluding carboxylic acids is 3. The fraction of sp³-hybridized carbons (Fsp3) is 0.706. The summed E-state index contributed by atoms with van der Waals surface area (Å²) in [6.07, 6.45) is 2.60. The molecule has 6 heteroatoms. The number of carbonyl (C=O) groups is 3. The molecule has 128 valence electrons. The van der Waals surface area contributed by atoms with E-state index in [4.69, 9.17) is 9.47 Å². The maximum Gasteiger partial charge on any atom is 0.316 e. The van der Waals surface area contributed by atoms with Crippen molar-refractivity contribution in [3.63, 3.8) is 0 Å². The Morgan fingerprint density at radius 3 is 2.65 bits per heavy atom. The summed E-state index contributed by atoms with van der Waals surface area (Å²) in [6, 6.07) is 0. The molecule has 1 aliphatic heterocycles. The quantitative estimate of drug-likeness (QED) is 0.615. The third kappa shape index (κ3) is 3.63. The first-order valence-electron chi connectivity index (χ1n) is 7.97. The Kier molecular flexibility index (Phi) is 5.24. The van der Waals surface area contributed by atoms with Gasteiger partial charge in [-0.15, -0.1) is 0 Å². The van der Waals surface area contributed by atoms with Gasteiger partial charge in [0, 0.05) is 19.4 Å². The van der Waals surface area contributed by atoms with Gasteiger partial charge < -0.3 is 14.6 Å². The average Bonchev–Trinajstić information content (AvgIpc) is 2.96. The second-order valence-electron chi connectivity index (χ2n) is 6.90. The molecule has 2 rings (SSSR count). The summed E-state index contributed by atoms with van der Waals surface area (Å²) in [7, 11) is 1.22. The third-order valence-electron chi connectivity index (χ3n) is 4.64. The number of ether oxygens (including phenoxy) is 2. The fourth-order valence-electron chi connectivity index (χ4n) is 3.40. The van der Waals surface area contributed by atoms with Crippen LogP contribution in [0.15, 0.2) is 11.3 Å². The molecular weight excluding hydrogens is 300 g/mol. The van der Waals surface area contributed by atoms with E-state index in [0.29, 0.717) is 13.0 Å². The molecule has 0 aromatic rings. The number of aliphatic hydroxyl groups is 1. The maximum absolute atomic E-state index is 12.4. The lowest BCUT2D eigenvalue weighted by molar-refractivity contribution is -0.150. The van der Waals surface area contributed by atoms with Gasteiger partial charge in [0.25, 0.3) is 0 Å². The molecule has 23 heavy (non-hydrogen) atoms. The van der Waals surface area contributed by atoms with Crippen LogP contribution in [0.4, 0.5) is 0 Å². The zero-order valence-electron chi connectivity index (χ0n) is 13.9. The zero-order valence-corrected chi connectivity index (χ0v) is 13.9. The van der Waals surface area contributed by atoms with E-state index in [1.165, 1.54) is 7.11 Å². The highest BCUT2D eigenvalue weighted by Crippen LogP contribution is 2.42. The summed E-state index contributed by atoms with van der Waals surface area (Å²) in [5.41, 5.74) is -1.02. The molecule has 0 spiro atoms. The van der Waals surface area contributed by atoms with Crippen LogP contribution in [0, 0.1) is 11.3 Å². The van der Waals surface area contributed by atoms with Crippen molar-refractivity contribution >= 4 is 17.5 Å². The van der Waals surface area contributed by atoms with Gasteiger partial charge in [-0.05, 0) is 24.7 Å². The Labute approximate surface area is 135 Å². The number of allylic oxidation sites excluding steroid dienone is 1. The molecule has 0 radical (unpaired) electrons. The Morgan fingerprint density at radius 1 is 1.39 bits per heavy atom. The zero-order chi connectivity index (χ0) is 17.2. The van der Waals surface area contributed by atoms with E-state index >= 15 is 0 Å². The van der Waals surface area contributed by atoms with Crippen LogP contribution in [0.25, 0.3) is 0 Å². The van der Waals surface area contributed by atoms with Crippen molar-refractivity contribution in [2.75, 3.05) is 13.7 Å². The van der Waals surface area contributed by atoms with Gasteiger partial charge in [0.1, 0.15) is 11.7 Å². The van der Waals surface area contributed by atoms with Crippen molar-refractivity contribution in [1.82, 2.24) is 0 Å². The van der Waals surface area contributed by atoms with Gasteiger partial charge in [0.2, 0.25) is 0 Å². The smallest absolute Gasteiger partial charge is 0.316 e. The molecule has 0 bridgehead atoms. The van der Waals surface area contributed by atoms with Crippen LogP contribution in [0.2, 0.25) is 0 Å². The number of rotatable bonds is 5. The predicted molar refractivity (Wildman–Crippen MR) is 81.8 cm³/mol. The molecule has 0 aromatic heterocycles. The topological polar surface area (TPSA) is 89.9 Å². The number of esters is 1. The third-order valence-corrected chi connectivity index (χ3v) is 4.64. The SMILES string of the molecule is COC(=O)[C@@H]1C(O)=C(C(=O)CC[C@@H]2CCCO2)C(=O)CC1(C)C. The summed E-state index contributed by atoms with van der Waals surface area (Å²) in [5, 5.41) is 10.4. The van der Waals surface area contributed by atoms with Crippen LogP contribution >= 0.6 is 0 Å². The molecule has 6 nitrogen and oxygen atoms in total. The second kappa shape index (κ2) is 6.83. The van der Waals surface area contributed by atoms with Gasteiger partial charge in [-0.1, -0.05) is 13.8 Å². The maximum atomic E-state index is 12.4. The van der Waals surface area contributed by atoms with Gasteiger partial charge in [-0.2, -0.15) is 0 Å². The summed E-state index contributed by atoms with van der Waals surface area (Å²) in [4.78, 5) is 36.7. The number of hydrogen-bond donors (Lipinski definition) is 1. The summed E-state index contributed by atoms with van der Waals surface area (Å²) < 4.78 is 10.2. The van der Waals surface area contributed by atoms with E-state index in [2.05, 4.69) is 0 Å². The van der Waals surface area contributed by atoms with Gasteiger partial charge in [-0.3, -0.25) is 14.4 Å². The highest BCUT2D eigenvalue weighted by Gasteiger charge is 2.48. The monoisotopic (exact) mass is 324 g/mol. The van der Waals surface area contributed by atoms with Crippen molar-refractivity contribution in [2.45, 2.75) is 52.1 Å². The average molecular weight is 324 g/mol. The summed E-state index contributed by atoms with van der Waals surface area (Å²) in [6.45, 7) is 4.11. The Morgan fingerprint density at radius 2 is 2.09 bits per heavy atom. The van der Waals surface area contributed by atoms with Crippen LogP contribution in [0.3, 0.4) is 0 Å². The van der Waals surface area contributed by atoms with Gasteiger partial charge in [-0.25, -0.2) is 0 Å². The number of aliphatic hydroxyl groups excluding tert-OH is 1. The van der Waals surface area contributed by atoms with Gasteiger partial charge >= 0.3 is 5.97 Å². The fourth-order valence-corrected chi connectivity index (χ4v) is 3.40. The molecule has 2 atom stereocenters.